The summed E-state index contributed by atoms with van der Waals surface area (Å²) in [5.74, 6) is -1.49. The molecule has 10 heteroatoms. The summed E-state index contributed by atoms with van der Waals surface area (Å²) < 4.78 is 51.4. The molecule has 0 saturated carbocycles. The van der Waals surface area contributed by atoms with Crippen LogP contribution in [0.1, 0.15) is 10.5 Å². The standard InChI is InChI=1S/C17H10FN3O5S/c18-11-5-6-13(10-3-1-7-19-14(10)11)27(23,24)21-17(22)15-16(26-9-20-15)12-4-2-8-25-12/h1-9H,(H,21,22). The third-order valence-corrected chi connectivity index (χ3v) is 5.11. The lowest BCUT2D eigenvalue weighted by molar-refractivity contribution is 0.0977. The number of amides is 1. The van der Waals surface area contributed by atoms with E-state index < -0.39 is 21.7 Å². The number of rotatable bonds is 4. The SMILES string of the molecule is O=C(NS(=O)(=O)c1ccc(F)c2ncccc12)c1ncoc1-c1ccco1. The van der Waals surface area contributed by atoms with Crippen molar-refractivity contribution in [3.8, 4) is 11.5 Å². The molecule has 136 valence electrons. The molecule has 3 heterocycles. The Bertz CT molecular complexity index is 1250. The van der Waals surface area contributed by atoms with Crippen LogP contribution in [0.2, 0.25) is 0 Å². The maximum absolute atomic E-state index is 13.9. The van der Waals surface area contributed by atoms with Gasteiger partial charge in [-0.15, -0.1) is 0 Å². The van der Waals surface area contributed by atoms with Crippen LogP contribution in [0.3, 0.4) is 0 Å². The molecule has 0 aliphatic rings. The fourth-order valence-corrected chi connectivity index (χ4v) is 3.71. The maximum Gasteiger partial charge on any atom is 0.287 e. The number of furan rings is 1. The topological polar surface area (TPSA) is 115 Å². The first-order valence-corrected chi connectivity index (χ1v) is 9.03. The molecule has 4 aromatic rings. The number of hydrogen-bond donors (Lipinski definition) is 1. The number of aromatic nitrogens is 2. The Morgan fingerprint density at radius 2 is 1.93 bits per heavy atom. The molecule has 8 nitrogen and oxygen atoms in total. The Labute approximate surface area is 151 Å². The molecule has 1 N–H and O–H groups in total. The van der Waals surface area contributed by atoms with Crippen LogP contribution in [0.15, 0.2) is 69.0 Å². The zero-order valence-electron chi connectivity index (χ0n) is 13.4. The highest BCUT2D eigenvalue weighted by Gasteiger charge is 2.27. The van der Waals surface area contributed by atoms with Gasteiger partial charge in [0.05, 0.1) is 11.2 Å². The zero-order chi connectivity index (χ0) is 19.0. The van der Waals surface area contributed by atoms with Gasteiger partial charge < -0.3 is 8.83 Å². The summed E-state index contributed by atoms with van der Waals surface area (Å²) in [6, 6.07) is 8.01. The van der Waals surface area contributed by atoms with Crippen molar-refractivity contribution in [2.24, 2.45) is 0 Å². The summed E-state index contributed by atoms with van der Waals surface area (Å²) in [6.07, 6.45) is 3.70. The van der Waals surface area contributed by atoms with E-state index in [9.17, 15) is 17.6 Å². The molecular formula is C17H10FN3O5S. The van der Waals surface area contributed by atoms with Crippen LogP contribution >= 0.6 is 0 Å². The predicted molar refractivity (Wildman–Crippen MR) is 90.6 cm³/mol. The number of benzene rings is 1. The quantitative estimate of drug-likeness (QED) is 0.572. The van der Waals surface area contributed by atoms with Crippen molar-refractivity contribution in [1.29, 1.82) is 0 Å². The zero-order valence-corrected chi connectivity index (χ0v) is 14.2. The van der Waals surface area contributed by atoms with Crippen LogP contribution in [-0.4, -0.2) is 24.3 Å². The third kappa shape index (κ3) is 2.95. The van der Waals surface area contributed by atoms with Crippen molar-refractivity contribution in [2.75, 3.05) is 0 Å². The van der Waals surface area contributed by atoms with Gasteiger partial charge in [-0.05, 0) is 36.4 Å². The van der Waals surface area contributed by atoms with Gasteiger partial charge in [0.2, 0.25) is 5.76 Å². The smallest absolute Gasteiger partial charge is 0.287 e. The predicted octanol–water partition coefficient (Wildman–Crippen LogP) is 2.74. The first kappa shape index (κ1) is 16.9. The number of nitrogens with zero attached hydrogens (tertiary/aromatic N) is 2. The van der Waals surface area contributed by atoms with Crippen LogP contribution < -0.4 is 4.72 Å². The fraction of sp³-hybridized carbons (Fsp3) is 0. The van der Waals surface area contributed by atoms with Crippen molar-refractivity contribution in [2.45, 2.75) is 4.90 Å². The van der Waals surface area contributed by atoms with Gasteiger partial charge in [-0.3, -0.25) is 9.78 Å². The average molecular weight is 387 g/mol. The lowest BCUT2D eigenvalue weighted by atomic mass is 10.2. The highest BCUT2D eigenvalue weighted by Crippen LogP contribution is 2.26. The van der Waals surface area contributed by atoms with Gasteiger partial charge >= 0.3 is 0 Å². The van der Waals surface area contributed by atoms with Gasteiger partial charge in [0.25, 0.3) is 15.9 Å². The number of fused-ring (bicyclic) bond motifs is 1. The molecule has 0 bridgehead atoms. The summed E-state index contributed by atoms with van der Waals surface area (Å²) in [6.45, 7) is 0. The summed E-state index contributed by atoms with van der Waals surface area (Å²) in [7, 11) is -4.33. The molecule has 27 heavy (non-hydrogen) atoms. The van der Waals surface area contributed by atoms with E-state index in [1.54, 1.807) is 6.07 Å². The Kier molecular flexibility index (Phi) is 3.96. The van der Waals surface area contributed by atoms with Crippen LogP contribution in [0.5, 0.6) is 0 Å². The minimum Gasteiger partial charge on any atom is -0.461 e. The molecule has 1 aromatic carbocycles. The Morgan fingerprint density at radius 3 is 2.70 bits per heavy atom. The van der Waals surface area contributed by atoms with Crippen molar-refractivity contribution in [1.82, 2.24) is 14.7 Å². The Hall–Kier alpha value is -3.53. The number of halogens is 1. The van der Waals surface area contributed by atoms with Crippen molar-refractivity contribution in [3.63, 3.8) is 0 Å². The Balaban J connectivity index is 1.72. The summed E-state index contributed by atoms with van der Waals surface area (Å²) in [4.78, 5) is 19.8. The molecule has 0 spiro atoms. The fourth-order valence-electron chi connectivity index (χ4n) is 2.56. The van der Waals surface area contributed by atoms with Gasteiger partial charge in [-0.1, -0.05) is 0 Å². The highest BCUT2D eigenvalue weighted by molar-refractivity contribution is 7.90. The van der Waals surface area contributed by atoms with Gasteiger partial charge in [0.1, 0.15) is 11.3 Å². The highest BCUT2D eigenvalue weighted by atomic mass is 32.2. The second-order valence-electron chi connectivity index (χ2n) is 5.39. The second-order valence-corrected chi connectivity index (χ2v) is 7.04. The van der Waals surface area contributed by atoms with Gasteiger partial charge in [0, 0.05) is 11.6 Å². The van der Waals surface area contributed by atoms with Gasteiger partial charge in [-0.2, -0.15) is 0 Å². The molecule has 4 rings (SSSR count). The summed E-state index contributed by atoms with van der Waals surface area (Å²) in [5, 5.41) is 0.0456. The van der Waals surface area contributed by atoms with E-state index in [0.717, 1.165) is 18.5 Å². The minimum absolute atomic E-state index is 0.0154. The monoisotopic (exact) mass is 387 g/mol. The summed E-state index contributed by atoms with van der Waals surface area (Å²) in [5.41, 5.74) is -0.386. The van der Waals surface area contributed by atoms with Crippen LogP contribution in [0, 0.1) is 5.82 Å². The van der Waals surface area contributed by atoms with Gasteiger partial charge in [-0.25, -0.2) is 22.5 Å². The van der Waals surface area contributed by atoms with Crippen molar-refractivity contribution < 1.29 is 26.4 Å². The van der Waals surface area contributed by atoms with Crippen molar-refractivity contribution in [3.05, 3.63) is 66.8 Å². The van der Waals surface area contributed by atoms with E-state index in [4.69, 9.17) is 8.83 Å². The molecule has 0 saturated heterocycles. The number of oxazole rings is 1. The average Bonchev–Trinajstić information content (AvgIpc) is 3.33. The largest absolute Gasteiger partial charge is 0.461 e. The number of carbonyl (C=O) groups excluding carboxylic acids is 1. The number of hydrogen-bond acceptors (Lipinski definition) is 7. The lowest BCUT2D eigenvalue weighted by Gasteiger charge is -2.09. The minimum atomic E-state index is -4.33. The lowest BCUT2D eigenvalue weighted by Crippen LogP contribution is -2.31. The normalized spacial score (nSPS) is 11.6. The van der Waals surface area contributed by atoms with E-state index in [2.05, 4.69) is 9.97 Å². The first-order chi connectivity index (χ1) is 13.0. The van der Waals surface area contributed by atoms with E-state index >= 15 is 0 Å². The Morgan fingerprint density at radius 1 is 1.07 bits per heavy atom. The molecule has 0 aliphatic carbocycles. The van der Waals surface area contributed by atoms with E-state index in [1.165, 1.54) is 30.7 Å². The number of nitrogens with one attached hydrogen (secondary N) is 1. The molecule has 0 fully saturated rings. The molecule has 0 aliphatic heterocycles. The number of sulfonamides is 1. The third-order valence-electron chi connectivity index (χ3n) is 3.72. The first-order valence-electron chi connectivity index (χ1n) is 7.55. The number of pyridine rings is 1. The van der Waals surface area contributed by atoms with Crippen molar-refractivity contribution >= 4 is 26.8 Å². The van der Waals surface area contributed by atoms with Crippen LogP contribution in [-0.2, 0) is 10.0 Å². The maximum atomic E-state index is 13.9. The molecule has 1 amide bonds. The van der Waals surface area contributed by atoms with E-state index in [0.29, 0.717) is 0 Å². The van der Waals surface area contributed by atoms with E-state index in [-0.39, 0.29) is 33.0 Å². The van der Waals surface area contributed by atoms with Crippen LogP contribution in [0.25, 0.3) is 22.4 Å². The molecule has 3 aromatic heterocycles. The molecular weight excluding hydrogens is 377 g/mol. The molecule has 0 unspecified atom stereocenters. The van der Waals surface area contributed by atoms with E-state index in [1.807, 2.05) is 4.72 Å². The second kappa shape index (κ2) is 6.32. The molecule has 0 atom stereocenters. The van der Waals surface area contributed by atoms with Gasteiger partial charge in [0.15, 0.2) is 17.8 Å². The van der Waals surface area contributed by atoms with Crippen LogP contribution in [0.4, 0.5) is 4.39 Å². The summed E-state index contributed by atoms with van der Waals surface area (Å²) >= 11 is 0. The number of carbonyl (C=O) groups is 1. The molecule has 0 radical (unpaired) electrons.